The maximum absolute atomic E-state index is 14.6. The van der Waals surface area contributed by atoms with E-state index >= 15 is 0 Å². The van der Waals surface area contributed by atoms with E-state index in [0.717, 1.165) is 47.6 Å². The van der Waals surface area contributed by atoms with Crippen LogP contribution >= 0.6 is 0 Å². The highest BCUT2D eigenvalue weighted by atomic mass is 32.2. The van der Waals surface area contributed by atoms with Crippen molar-refractivity contribution in [3.8, 4) is 6.07 Å². The molecule has 11 aliphatic rings. The van der Waals surface area contributed by atoms with E-state index in [4.69, 9.17) is 80.6 Å². The van der Waals surface area contributed by atoms with Crippen LogP contribution in [0.5, 0.6) is 0 Å². The van der Waals surface area contributed by atoms with Crippen LogP contribution in [0.15, 0.2) is 78.1 Å². The topological polar surface area (TPSA) is 370 Å². The van der Waals surface area contributed by atoms with Gasteiger partial charge in [-0.15, -0.1) is 10.2 Å². The normalized spacial score (nSPS) is 31.7. The van der Waals surface area contributed by atoms with Gasteiger partial charge in [-0.3, -0.25) is 23.5 Å². The molecule has 11 fully saturated rings. The maximum Gasteiger partial charge on any atom is 0.335 e. The number of rotatable bonds is 35. The average molecular weight is 1560 g/mol. The second-order valence-corrected chi connectivity index (χ2v) is 31.8. The molecule has 14 rings (SSSR count). The zero-order valence-corrected chi connectivity index (χ0v) is 63.4. The van der Waals surface area contributed by atoms with Crippen LogP contribution in [0.1, 0.15) is 139 Å². The number of hydrogen-bond donors (Lipinski definition) is 1. The summed E-state index contributed by atoms with van der Waals surface area (Å²) in [4.78, 5) is 71.8. The summed E-state index contributed by atoms with van der Waals surface area (Å²) in [5, 5.41) is 29.5. The summed E-state index contributed by atoms with van der Waals surface area (Å²) in [5.74, 6) is -3.48. The molecule has 1 unspecified atom stereocenters. The zero-order valence-electron chi connectivity index (χ0n) is 62.5. The Morgan fingerprint density at radius 3 is 2.15 bits per heavy atom. The molecule has 0 radical (unpaired) electrons. The lowest BCUT2D eigenvalue weighted by molar-refractivity contribution is -0.292. The van der Waals surface area contributed by atoms with Gasteiger partial charge >= 0.3 is 11.9 Å². The number of benzene rings is 1. The first-order valence-corrected chi connectivity index (χ1v) is 40.2. The van der Waals surface area contributed by atoms with Crippen LogP contribution in [0, 0.1) is 23.2 Å². The number of imide groups is 1. The number of ether oxygens (including phenoxy) is 16. The average Bonchev–Trinajstić information content (AvgIpc) is 1.55. The highest BCUT2D eigenvalue weighted by molar-refractivity contribution is 7.92. The van der Waals surface area contributed by atoms with E-state index in [0.29, 0.717) is 81.4 Å². The highest BCUT2D eigenvalue weighted by Crippen LogP contribution is 2.55. The van der Waals surface area contributed by atoms with Crippen LogP contribution in [-0.4, -0.2) is 258 Å². The van der Waals surface area contributed by atoms with Crippen LogP contribution in [0.4, 0.5) is 5.69 Å². The third-order valence-corrected chi connectivity index (χ3v) is 24.1. The number of sulfonamides is 1. The van der Waals surface area contributed by atoms with E-state index in [-0.39, 0.29) is 206 Å². The van der Waals surface area contributed by atoms with Gasteiger partial charge in [0.05, 0.1) is 183 Å². The molecule has 33 heteroatoms. The van der Waals surface area contributed by atoms with Crippen molar-refractivity contribution in [3.05, 3.63) is 89.9 Å². The number of nitriles is 1. The number of Topliss-reactive ketones (excluding diaryl/α,β-unsaturated/α-hetero) is 1. The fourth-order valence-electron chi connectivity index (χ4n) is 16.6. The summed E-state index contributed by atoms with van der Waals surface area (Å²) in [7, 11) is -2.68. The lowest BCUT2D eigenvalue weighted by Gasteiger charge is -2.47. The minimum Gasteiger partial charge on any atom is -0.461 e. The molecule has 11 saturated heterocycles. The Kier molecular flexibility index (Phi) is 28.1. The third-order valence-electron chi connectivity index (χ3n) is 22.3. The Hall–Kier alpha value is -6.66. The number of methoxy groups -OCH3 is 1. The summed E-state index contributed by atoms with van der Waals surface area (Å²) in [6, 6.07) is 11.1. The smallest absolute Gasteiger partial charge is 0.335 e. The molecule has 0 aliphatic carbocycles. The Morgan fingerprint density at radius 2 is 1.40 bits per heavy atom. The highest BCUT2D eigenvalue weighted by Gasteiger charge is 2.69. The molecule has 12 bridgehead atoms. The molecule has 1 spiro atoms. The van der Waals surface area contributed by atoms with Gasteiger partial charge in [0.15, 0.2) is 10.8 Å². The van der Waals surface area contributed by atoms with Crippen LogP contribution in [-0.2, 0) is 134 Å². The Morgan fingerprint density at radius 1 is 0.709 bits per heavy atom. The number of nitrogens with zero attached hydrogens (tertiary/aromatic N) is 7. The van der Waals surface area contributed by atoms with Gasteiger partial charge in [-0.05, 0) is 98.3 Å². The molecule has 0 saturated carbocycles. The van der Waals surface area contributed by atoms with Crippen molar-refractivity contribution in [2.45, 2.75) is 251 Å². The molecule has 2 aromatic heterocycles. The lowest BCUT2D eigenvalue weighted by atomic mass is 9.81. The van der Waals surface area contributed by atoms with Crippen molar-refractivity contribution in [1.82, 2.24) is 25.0 Å². The largest absolute Gasteiger partial charge is 0.461 e. The molecule has 19 atom stereocenters. The summed E-state index contributed by atoms with van der Waals surface area (Å²) in [6.45, 7) is 13.9. The fraction of sp³-hybridized carbons (Fsp3) is 0.701. The van der Waals surface area contributed by atoms with Gasteiger partial charge in [-0.25, -0.2) is 14.5 Å². The maximum atomic E-state index is 14.6. The second kappa shape index (κ2) is 38.0. The number of pyridine rings is 1. The van der Waals surface area contributed by atoms with E-state index in [9.17, 15) is 42.8 Å². The molecule has 32 nitrogen and oxygen atoms in total. The van der Waals surface area contributed by atoms with E-state index in [1.807, 2.05) is 6.07 Å². The molecule has 2 amide bonds. The molecule has 11 aliphatic heterocycles. The number of carbonyl (C=O) groups is 5. The lowest BCUT2D eigenvalue weighted by Crippen LogP contribution is -2.61. The minimum atomic E-state index is -4.27. The van der Waals surface area contributed by atoms with E-state index < -0.39 is 82.1 Å². The minimum absolute atomic E-state index is 0.00313. The van der Waals surface area contributed by atoms with Gasteiger partial charge in [0.2, 0.25) is 0 Å². The fourth-order valence-corrected chi connectivity index (χ4v) is 18.0. The number of hydrogen-bond acceptors (Lipinski definition) is 29. The number of hydroxylamine groups is 2. The SMILES string of the molecule is C=C1CC2CC[C@@]34C[C@H]5O[C@H]6[C@@H](O3)[C@H]3O[C@H](CC[C@@H]3O[C@H]6[C@H]5O4)CC(=O)C[C@@H]3[C@@H](OC)[C@@H](C[C@H](O)CCC(=O)OCc4ccc(N(CCOCCOCCOCCn5cc(COCCOCCOCCC(=O)ON6C(=O)CCC6=O)nn5)S(=O)(=O)c5ccc(C#N)cn5)cc4)O[C@H]3C[C@H]3O[C@@H](CC[C@@H]1O2)C[C@@H](C)C3=C. The van der Waals surface area contributed by atoms with Crippen LogP contribution < -0.4 is 4.31 Å². The zero-order chi connectivity index (χ0) is 76.9. The van der Waals surface area contributed by atoms with Crippen LogP contribution in [0.3, 0.4) is 0 Å². The number of aromatic nitrogens is 4. The summed E-state index contributed by atoms with van der Waals surface area (Å²) in [5.41, 5.74) is 3.71. The van der Waals surface area contributed by atoms with Crippen LogP contribution in [0.2, 0.25) is 0 Å². The van der Waals surface area contributed by atoms with Gasteiger partial charge in [-0.2, -0.15) is 13.7 Å². The first kappa shape index (κ1) is 81.4. The predicted octanol–water partition coefficient (Wildman–Crippen LogP) is 5.35. The Bertz CT molecular complexity index is 3790. The number of carbonyl (C=O) groups excluding carboxylic acids is 5. The monoisotopic (exact) mass is 1560 g/mol. The molecular formula is C77H103N7O25S. The van der Waals surface area contributed by atoms with Gasteiger partial charge in [0.1, 0.15) is 54.7 Å². The Balaban J connectivity index is 0.536. The van der Waals surface area contributed by atoms with Gasteiger partial charge in [0, 0.05) is 77.0 Å². The van der Waals surface area contributed by atoms with Crippen LogP contribution in [0.25, 0.3) is 0 Å². The number of aliphatic hydroxyl groups excluding tert-OH is 1. The molecule has 3 aromatic rings. The number of aliphatic hydroxyl groups is 1. The van der Waals surface area contributed by atoms with Crippen molar-refractivity contribution in [2.75, 3.05) is 90.6 Å². The summed E-state index contributed by atoms with van der Waals surface area (Å²) >= 11 is 0. The van der Waals surface area contributed by atoms with E-state index in [1.54, 1.807) is 42.3 Å². The molecule has 602 valence electrons. The number of esters is 1. The first-order valence-electron chi connectivity index (χ1n) is 38.7. The van der Waals surface area contributed by atoms with Crippen molar-refractivity contribution in [2.24, 2.45) is 11.8 Å². The summed E-state index contributed by atoms with van der Waals surface area (Å²) in [6.07, 6.45) is 4.31. The molecule has 1 aromatic carbocycles. The second-order valence-electron chi connectivity index (χ2n) is 30.0. The van der Waals surface area contributed by atoms with Crippen molar-refractivity contribution >= 4 is 45.2 Å². The third kappa shape index (κ3) is 20.5. The van der Waals surface area contributed by atoms with E-state index in [1.165, 1.54) is 18.3 Å². The standard InChI is InChI=1S/C77H103N7O25S/c1-47-35-56-11-13-60-48(2)36-58(101-60)19-21-77-41-65-73(107-77)74-75(106-65)76(108-77)72-61(105-74)14-12-57(103-72)37-55(86)38-59-63(40-62(102-56)49(47)3)104-64(71(59)93-4)39-54(85)10-18-69(89)100-45-50-5-8-53(9-6-50)83(110(91,92)66-15-7-51(42-78)43-79-66)23-26-96-29-32-97-31-28-95-25-22-82-44-52(80-81-82)46-99-34-33-98-30-27-94-24-20-70(90)109-84-67(87)16-17-68(84)88/h5-9,15,43-44,47,54,56-65,71-76,85H,2-3,10-14,16-41,45-46H2,1,4H3/t47-,54-,56+,57-,58?,59+,60+,61+,62-,63+,64-,65-,71-,72+,73+,74+,75-,76+,77+/m1/s1. The van der Waals surface area contributed by atoms with Crippen molar-refractivity contribution < 1.29 is 118 Å². The number of amides is 2. The van der Waals surface area contributed by atoms with E-state index in [2.05, 4.69) is 35.4 Å². The predicted molar refractivity (Wildman–Crippen MR) is 382 cm³/mol. The van der Waals surface area contributed by atoms with Gasteiger partial charge in [-0.1, -0.05) is 37.4 Å². The van der Waals surface area contributed by atoms with Gasteiger partial charge in [0.25, 0.3) is 21.8 Å². The molecule has 1 N–H and O–H groups in total. The number of anilines is 1. The molecule has 110 heavy (non-hydrogen) atoms. The summed E-state index contributed by atoms with van der Waals surface area (Å²) < 4.78 is 131. The molecule has 13 heterocycles. The molecular weight excluding hydrogens is 1450 g/mol. The number of fused-ring (bicyclic) bond motifs is 6. The van der Waals surface area contributed by atoms with Crippen molar-refractivity contribution in [3.63, 3.8) is 0 Å². The Labute approximate surface area is 640 Å². The van der Waals surface area contributed by atoms with Crippen molar-refractivity contribution in [1.29, 1.82) is 5.26 Å². The number of ketones is 1. The first-order chi connectivity index (χ1) is 53.3. The quantitative estimate of drug-likeness (QED) is 0.0335. The van der Waals surface area contributed by atoms with Gasteiger partial charge < -0.3 is 85.7 Å².